The molecule has 2 N–H and O–H groups in total. The summed E-state index contributed by atoms with van der Waals surface area (Å²) < 4.78 is 2.49. The molecule has 4 rings (SSSR count). The highest BCUT2D eigenvalue weighted by molar-refractivity contribution is 9.10. The van der Waals surface area contributed by atoms with Crippen molar-refractivity contribution >= 4 is 73.7 Å². The predicted molar refractivity (Wildman–Crippen MR) is 104 cm³/mol. The third kappa shape index (κ3) is 3.20. The zero-order chi connectivity index (χ0) is 17.7. The van der Waals surface area contributed by atoms with Gasteiger partial charge >= 0.3 is 4.87 Å². The fourth-order valence-corrected chi connectivity index (χ4v) is 4.94. The highest BCUT2D eigenvalue weighted by Crippen LogP contribution is 2.19. The molecule has 10 heteroatoms. The van der Waals surface area contributed by atoms with Gasteiger partial charge in [-0.05, 0) is 40.2 Å². The third-order valence-corrected chi connectivity index (χ3v) is 6.86. The van der Waals surface area contributed by atoms with E-state index in [1.165, 1.54) is 11.3 Å². The van der Waals surface area contributed by atoms with Gasteiger partial charge in [-0.3, -0.25) is 9.78 Å². The summed E-state index contributed by atoms with van der Waals surface area (Å²) in [6.07, 6.45) is 1.73. The molecule has 0 saturated heterocycles. The number of thiazole rings is 1. The van der Waals surface area contributed by atoms with E-state index in [1.54, 1.807) is 18.2 Å². The maximum absolute atomic E-state index is 11.3. The van der Waals surface area contributed by atoms with Gasteiger partial charge in [0.1, 0.15) is 0 Å². The molecule has 1 aromatic carbocycles. The monoisotopic (exact) mass is 473 g/mol. The Balaban J connectivity index is 1.91. The minimum absolute atomic E-state index is 0.142. The number of aromatic nitrogens is 1. The molecular formula is C15H6BrCl2N3O2S2. The first-order valence-corrected chi connectivity index (χ1v) is 9.95. The van der Waals surface area contributed by atoms with Crippen LogP contribution in [0.25, 0.3) is 11.9 Å². The van der Waals surface area contributed by atoms with Crippen LogP contribution < -0.4 is 24.7 Å². The van der Waals surface area contributed by atoms with Crippen molar-refractivity contribution in [3.63, 3.8) is 0 Å². The molecule has 126 valence electrons. The number of hydrogen-bond acceptors (Lipinski definition) is 6. The van der Waals surface area contributed by atoms with E-state index < -0.39 is 0 Å². The standard InChI is InChI=1S/C15H6BrCl2N3O2S2/c16-5-1-11(24-10(5)4-12-14(22)21-15(23)25-12)13-19-8-2-6(17)7(18)3-9(8)20-13/h1-4,22H,(H,21,23)/b10-4-. The Kier molecular flexibility index (Phi) is 4.33. The van der Waals surface area contributed by atoms with Crippen LogP contribution in [0.1, 0.15) is 4.88 Å². The summed E-state index contributed by atoms with van der Waals surface area (Å²) in [5, 5.41) is 11.9. The molecule has 5 nitrogen and oxygen atoms in total. The van der Waals surface area contributed by atoms with Crippen LogP contribution >= 0.6 is 61.8 Å². The van der Waals surface area contributed by atoms with Gasteiger partial charge in [0.2, 0.25) is 5.88 Å². The van der Waals surface area contributed by atoms with Gasteiger partial charge in [0.05, 0.1) is 30.2 Å². The average molecular weight is 475 g/mol. The largest absolute Gasteiger partial charge is 0.493 e. The Hall–Kier alpha value is -1.45. The van der Waals surface area contributed by atoms with E-state index in [0.29, 0.717) is 31.5 Å². The van der Waals surface area contributed by atoms with Crippen LogP contribution in [0.2, 0.25) is 10.0 Å². The average Bonchev–Trinajstić information content (AvgIpc) is 3.19. The van der Waals surface area contributed by atoms with Gasteiger partial charge in [-0.2, -0.15) is 0 Å². The van der Waals surface area contributed by atoms with Crippen molar-refractivity contribution in [2.24, 2.45) is 9.98 Å². The number of rotatable bonds is 1. The van der Waals surface area contributed by atoms with Crippen LogP contribution in [0.15, 0.2) is 37.5 Å². The molecule has 0 radical (unpaired) electrons. The minimum atomic E-state index is -0.309. The Morgan fingerprint density at radius 3 is 2.32 bits per heavy atom. The lowest BCUT2D eigenvalue weighted by Gasteiger charge is -1.90. The van der Waals surface area contributed by atoms with Crippen molar-refractivity contribution in [2.45, 2.75) is 0 Å². The summed E-state index contributed by atoms with van der Waals surface area (Å²) in [5.41, 5.74) is 0. The Morgan fingerprint density at radius 1 is 1.12 bits per heavy atom. The van der Waals surface area contributed by atoms with E-state index in [1.807, 2.05) is 6.07 Å². The summed E-state index contributed by atoms with van der Waals surface area (Å²) in [4.78, 5) is 22.8. The number of benzene rings is 1. The maximum Gasteiger partial charge on any atom is 0.307 e. The van der Waals surface area contributed by atoms with Crippen LogP contribution in [0.3, 0.4) is 0 Å². The number of H-pyrrole nitrogens is 1. The van der Waals surface area contributed by atoms with E-state index in [2.05, 4.69) is 30.9 Å². The van der Waals surface area contributed by atoms with Gasteiger partial charge in [0, 0.05) is 9.01 Å². The smallest absolute Gasteiger partial charge is 0.307 e. The summed E-state index contributed by atoms with van der Waals surface area (Å²) in [6, 6.07) is 5.25. The van der Waals surface area contributed by atoms with Crippen molar-refractivity contribution in [2.75, 3.05) is 0 Å². The summed E-state index contributed by atoms with van der Waals surface area (Å²) >= 11 is 17.9. The molecule has 1 aliphatic rings. The first-order chi connectivity index (χ1) is 11.9. The molecule has 0 spiro atoms. The van der Waals surface area contributed by atoms with Gasteiger partial charge in [-0.25, -0.2) is 9.98 Å². The van der Waals surface area contributed by atoms with E-state index in [9.17, 15) is 9.90 Å². The molecule has 0 bridgehead atoms. The van der Waals surface area contributed by atoms with Crippen molar-refractivity contribution in [1.82, 2.24) is 4.98 Å². The molecule has 0 amide bonds. The topological polar surface area (TPSA) is 77.8 Å². The Bertz CT molecular complexity index is 1280. The summed E-state index contributed by atoms with van der Waals surface area (Å²) in [7, 11) is 0. The van der Waals surface area contributed by atoms with Gasteiger partial charge in [0.25, 0.3) is 0 Å². The number of halogens is 3. The van der Waals surface area contributed by atoms with Crippen LogP contribution in [0, 0.1) is 0 Å². The number of aromatic amines is 1. The summed E-state index contributed by atoms with van der Waals surface area (Å²) in [5.74, 6) is 0.418. The van der Waals surface area contributed by atoms with Gasteiger partial charge < -0.3 is 5.11 Å². The lowest BCUT2D eigenvalue weighted by molar-refractivity contribution is 0.455. The van der Waals surface area contributed by atoms with Crippen molar-refractivity contribution in [3.8, 4) is 5.88 Å². The minimum Gasteiger partial charge on any atom is -0.493 e. The number of thiophene rings is 1. The number of nitrogens with zero attached hydrogens (tertiary/aromatic N) is 2. The highest BCUT2D eigenvalue weighted by atomic mass is 79.9. The second kappa shape index (κ2) is 6.37. The normalized spacial score (nSPS) is 13.7. The quantitative estimate of drug-likeness (QED) is 0.566. The Labute approximate surface area is 166 Å². The fourth-order valence-electron chi connectivity index (χ4n) is 2.21. The van der Waals surface area contributed by atoms with Gasteiger partial charge in [-0.1, -0.05) is 34.5 Å². The van der Waals surface area contributed by atoms with Crippen LogP contribution in [0.5, 0.6) is 5.88 Å². The van der Waals surface area contributed by atoms with Crippen molar-refractivity contribution < 1.29 is 5.11 Å². The SMILES string of the molecule is O=c1[nH]c(O)c(/C=c2\sc(=C3N=c4cc(Cl)c(Cl)cc4=N3)cc2Br)s1. The molecule has 25 heavy (non-hydrogen) atoms. The number of nitrogens with one attached hydrogen (secondary N) is 1. The fraction of sp³-hybridized carbons (Fsp3) is 0. The lowest BCUT2D eigenvalue weighted by atomic mass is 10.3. The second-order valence-electron chi connectivity index (χ2n) is 5.00. The summed E-state index contributed by atoms with van der Waals surface area (Å²) in [6.45, 7) is 0. The molecule has 2 aromatic heterocycles. The molecule has 3 aromatic rings. The molecular weight excluding hydrogens is 469 g/mol. The predicted octanol–water partition coefficient (Wildman–Crippen LogP) is 2.12. The Morgan fingerprint density at radius 2 is 1.76 bits per heavy atom. The second-order valence-corrected chi connectivity index (χ2v) is 8.76. The highest BCUT2D eigenvalue weighted by Gasteiger charge is 2.10. The molecule has 0 atom stereocenters. The van der Waals surface area contributed by atoms with Gasteiger partial charge in [0.15, 0.2) is 5.82 Å². The van der Waals surface area contributed by atoms with Crippen molar-refractivity contribution in [3.05, 3.63) is 67.0 Å². The molecule has 1 aliphatic heterocycles. The van der Waals surface area contributed by atoms with E-state index in [-0.39, 0.29) is 10.8 Å². The van der Waals surface area contributed by atoms with E-state index >= 15 is 0 Å². The molecule has 0 unspecified atom stereocenters. The number of aromatic hydroxyl groups is 1. The lowest BCUT2D eigenvalue weighted by Crippen LogP contribution is -2.20. The number of fused-ring (bicyclic) bond motifs is 1. The number of hydrogen-bond donors (Lipinski definition) is 2. The van der Waals surface area contributed by atoms with Crippen LogP contribution in [-0.4, -0.2) is 10.1 Å². The van der Waals surface area contributed by atoms with E-state index in [0.717, 1.165) is 24.9 Å². The maximum atomic E-state index is 11.3. The van der Waals surface area contributed by atoms with Crippen LogP contribution in [0.4, 0.5) is 0 Å². The third-order valence-electron chi connectivity index (χ3n) is 3.32. The van der Waals surface area contributed by atoms with Crippen molar-refractivity contribution in [1.29, 1.82) is 0 Å². The van der Waals surface area contributed by atoms with Gasteiger partial charge in [-0.15, -0.1) is 11.3 Å². The molecule has 3 heterocycles. The molecule has 0 aliphatic carbocycles. The zero-order valence-corrected chi connectivity index (χ0v) is 16.7. The molecule has 0 saturated carbocycles. The first kappa shape index (κ1) is 17.0. The molecule has 0 fully saturated rings. The zero-order valence-electron chi connectivity index (χ0n) is 12.0. The first-order valence-electron chi connectivity index (χ1n) is 6.77. The van der Waals surface area contributed by atoms with E-state index in [4.69, 9.17) is 23.2 Å². The van der Waals surface area contributed by atoms with Crippen LogP contribution in [-0.2, 0) is 0 Å².